The van der Waals surface area contributed by atoms with E-state index in [-0.39, 0.29) is 17.2 Å². The second kappa shape index (κ2) is 12.3. The van der Waals surface area contributed by atoms with Crippen LogP contribution < -0.4 is 16.0 Å². The molecule has 1 amide bonds. The van der Waals surface area contributed by atoms with Crippen molar-refractivity contribution in [1.29, 1.82) is 0 Å². The van der Waals surface area contributed by atoms with Crippen LogP contribution in [0.5, 0.6) is 0 Å². The number of rotatable bonds is 9. The number of nitrogens with zero attached hydrogens (tertiary/aromatic N) is 2. The molecule has 0 aromatic carbocycles. The summed E-state index contributed by atoms with van der Waals surface area (Å²) < 4.78 is 5.52. The Balaban J connectivity index is 1.89. The quantitative estimate of drug-likeness (QED) is 0.314. The number of carbonyl (C=O) groups excluding carboxylic acids is 1. The third kappa shape index (κ3) is 7.95. The lowest BCUT2D eigenvalue weighted by Gasteiger charge is -2.41. The van der Waals surface area contributed by atoms with Crippen LogP contribution in [-0.2, 0) is 9.53 Å². The maximum Gasteiger partial charge on any atom is 0.222 e. The predicted octanol–water partition coefficient (Wildman–Crippen LogP) is 1.60. The fourth-order valence-electron chi connectivity index (χ4n) is 4.06. The lowest BCUT2D eigenvalue weighted by Crippen LogP contribution is -2.47. The van der Waals surface area contributed by atoms with Gasteiger partial charge in [-0.2, -0.15) is 0 Å². The Morgan fingerprint density at radius 1 is 1.07 bits per heavy atom. The molecule has 0 aromatic rings. The Bertz CT molecular complexity index is 483. The number of hydrogen-bond donors (Lipinski definition) is 3. The molecule has 1 saturated carbocycles. The molecule has 2 aliphatic rings. The van der Waals surface area contributed by atoms with E-state index in [4.69, 9.17) is 9.73 Å². The highest BCUT2D eigenvalue weighted by Crippen LogP contribution is 2.37. The van der Waals surface area contributed by atoms with Gasteiger partial charge in [-0.05, 0) is 19.8 Å². The van der Waals surface area contributed by atoms with Gasteiger partial charge >= 0.3 is 0 Å². The lowest BCUT2D eigenvalue weighted by molar-refractivity contribution is -0.123. The van der Waals surface area contributed by atoms with Crippen molar-refractivity contribution in [1.82, 2.24) is 20.9 Å². The first-order chi connectivity index (χ1) is 13.5. The van der Waals surface area contributed by atoms with Crippen molar-refractivity contribution in [3.8, 4) is 0 Å². The summed E-state index contributed by atoms with van der Waals surface area (Å²) in [4.78, 5) is 19.2. The summed E-state index contributed by atoms with van der Waals surface area (Å²) in [6.07, 6.45) is 6.49. The molecular formula is C21H41N5O2. The molecule has 0 unspecified atom stereocenters. The summed E-state index contributed by atoms with van der Waals surface area (Å²) in [7, 11) is 0. The fourth-order valence-corrected chi connectivity index (χ4v) is 4.06. The predicted molar refractivity (Wildman–Crippen MR) is 115 cm³/mol. The van der Waals surface area contributed by atoms with E-state index >= 15 is 0 Å². The van der Waals surface area contributed by atoms with E-state index in [0.717, 1.165) is 51.9 Å². The molecule has 1 saturated heterocycles. The summed E-state index contributed by atoms with van der Waals surface area (Å²) in [6.45, 7) is 13.8. The fraction of sp³-hybridized carbons (Fsp3) is 0.905. The van der Waals surface area contributed by atoms with Gasteiger partial charge in [-0.3, -0.25) is 14.7 Å². The molecule has 0 radical (unpaired) electrons. The van der Waals surface area contributed by atoms with Crippen molar-refractivity contribution in [2.75, 3.05) is 59.0 Å². The molecule has 2 fully saturated rings. The van der Waals surface area contributed by atoms with Crippen LogP contribution in [0, 0.1) is 11.3 Å². The van der Waals surface area contributed by atoms with Gasteiger partial charge in [0.1, 0.15) is 0 Å². The van der Waals surface area contributed by atoms with Crippen molar-refractivity contribution < 1.29 is 9.53 Å². The van der Waals surface area contributed by atoms with E-state index in [9.17, 15) is 4.79 Å². The number of guanidine groups is 1. The van der Waals surface area contributed by atoms with Crippen molar-refractivity contribution >= 4 is 11.9 Å². The first kappa shape index (κ1) is 22.9. The number of carbonyl (C=O) groups is 1. The number of aliphatic imine (C=N–C) groups is 1. The average Bonchev–Trinajstić information content (AvgIpc) is 2.70. The highest BCUT2D eigenvalue weighted by Gasteiger charge is 2.34. The molecule has 1 aliphatic heterocycles. The van der Waals surface area contributed by atoms with E-state index in [1.807, 2.05) is 13.8 Å². The van der Waals surface area contributed by atoms with Crippen LogP contribution in [0.2, 0.25) is 0 Å². The molecule has 0 bridgehead atoms. The zero-order valence-corrected chi connectivity index (χ0v) is 18.2. The minimum atomic E-state index is 0.0215. The van der Waals surface area contributed by atoms with Gasteiger partial charge in [-0.1, -0.05) is 33.1 Å². The first-order valence-corrected chi connectivity index (χ1v) is 11.1. The largest absolute Gasteiger partial charge is 0.379 e. The number of morpholine rings is 1. The second-order valence-electron chi connectivity index (χ2n) is 8.52. The minimum Gasteiger partial charge on any atom is -0.379 e. The normalized spacial score (nSPS) is 20.8. The molecule has 7 heteroatoms. The van der Waals surface area contributed by atoms with Gasteiger partial charge < -0.3 is 20.7 Å². The number of amides is 1. The van der Waals surface area contributed by atoms with Gasteiger partial charge in [-0.15, -0.1) is 0 Å². The van der Waals surface area contributed by atoms with Crippen molar-refractivity contribution in [3.05, 3.63) is 0 Å². The minimum absolute atomic E-state index is 0.0215. The van der Waals surface area contributed by atoms with Crippen molar-refractivity contribution in [2.24, 2.45) is 16.3 Å². The van der Waals surface area contributed by atoms with Crippen LogP contribution in [0.3, 0.4) is 0 Å². The van der Waals surface area contributed by atoms with Crippen LogP contribution >= 0.6 is 0 Å². The molecule has 162 valence electrons. The average molecular weight is 396 g/mol. The highest BCUT2D eigenvalue weighted by molar-refractivity contribution is 5.80. The standard InChI is InChI=1S/C21H41N5O2/c1-4-22-20(24-11-10-23-19(27)18(2)3)25-16-21(8-6-5-7-9-21)17-26-12-14-28-15-13-26/h18H,4-17H2,1-3H3,(H,23,27)(H2,22,24,25). The molecule has 3 N–H and O–H groups in total. The zero-order valence-electron chi connectivity index (χ0n) is 18.2. The van der Waals surface area contributed by atoms with Gasteiger partial charge in [0.25, 0.3) is 0 Å². The molecule has 0 atom stereocenters. The van der Waals surface area contributed by atoms with Crippen LogP contribution in [0.4, 0.5) is 0 Å². The Morgan fingerprint density at radius 3 is 2.39 bits per heavy atom. The topological polar surface area (TPSA) is 78.0 Å². The van der Waals surface area contributed by atoms with Crippen LogP contribution in [-0.4, -0.2) is 75.8 Å². The Hall–Kier alpha value is -1.34. The van der Waals surface area contributed by atoms with Crippen molar-refractivity contribution in [2.45, 2.75) is 52.9 Å². The first-order valence-electron chi connectivity index (χ1n) is 11.1. The molecule has 1 aliphatic carbocycles. The third-order valence-electron chi connectivity index (χ3n) is 5.73. The molecule has 28 heavy (non-hydrogen) atoms. The van der Waals surface area contributed by atoms with Crippen LogP contribution in [0.25, 0.3) is 0 Å². The van der Waals surface area contributed by atoms with E-state index in [1.165, 1.54) is 32.1 Å². The Morgan fingerprint density at radius 2 is 1.75 bits per heavy atom. The Kier molecular flexibility index (Phi) is 10.1. The van der Waals surface area contributed by atoms with E-state index in [2.05, 4.69) is 27.8 Å². The number of nitrogens with one attached hydrogen (secondary N) is 3. The highest BCUT2D eigenvalue weighted by atomic mass is 16.5. The zero-order chi connectivity index (χ0) is 20.2. The molecule has 2 rings (SSSR count). The van der Waals surface area contributed by atoms with Gasteiger partial charge in [0.2, 0.25) is 5.91 Å². The van der Waals surface area contributed by atoms with Gasteiger partial charge in [-0.25, -0.2) is 0 Å². The van der Waals surface area contributed by atoms with Gasteiger partial charge in [0.05, 0.1) is 13.2 Å². The van der Waals surface area contributed by atoms with E-state index < -0.39 is 0 Å². The molecular weight excluding hydrogens is 354 g/mol. The molecule has 0 spiro atoms. The van der Waals surface area contributed by atoms with Crippen LogP contribution in [0.1, 0.15) is 52.9 Å². The van der Waals surface area contributed by atoms with Crippen molar-refractivity contribution in [3.63, 3.8) is 0 Å². The van der Waals surface area contributed by atoms with Gasteiger partial charge in [0, 0.05) is 57.1 Å². The van der Waals surface area contributed by atoms with Gasteiger partial charge in [0.15, 0.2) is 5.96 Å². The van der Waals surface area contributed by atoms with E-state index in [0.29, 0.717) is 13.1 Å². The molecule has 7 nitrogen and oxygen atoms in total. The molecule has 0 aromatic heterocycles. The second-order valence-corrected chi connectivity index (χ2v) is 8.52. The summed E-state index contributed by atoms with van der Waals surface area (Å²) in [5, 5.41) is 9.66. The van der Waals surface area contributed by atoms with E-state index in [1.54, 1.807) is 0 Å². The van der Waals surface area contributed by atoms with Crippen LogP contribution in [0.15, 0.2) is 4.99 Å². The number of hydrogen-bond acceptors (Lipinski definition) is 4. The lowest BCUT2D eigenvalue weighted by atomic mass is 9.73. The monoisotopic (exact) mass is 395 g/mol. The third-order valence-corrected chi connectivity index (χ3v) is 5.73. The summed E-state index contributed by atoms with van der Waals surface area (Å²) in [5.41, 5.74) is 0.282. The molecule has 1 heterocycles. The SMILES string of the molecule is CCNC(=NCC1(CN2CCOCC2)CCCCC1)NCCNC(=O)C(C)C. The summed E-state index contributed by atoms with van der Waals surface area (Å²) >= 11 is 0. The smallest absolute Gasteiger partial charge is 0.222 e. The maximum atomic E-state index is 11.7. The maximum absolute atomic E-state index is 11.7. The number of ether oxygens (including phenoxy) is 1. The summed E-state index contributed by atoms with van der Waals surface area (Å²) in [5.74, 6) is 0.969. The Labute approximate surface area is 171 Å². The summed E-state index contributed by atoms with van der Waals surface area (Å²) in [6, 6.07) is 0.